The van der Waals surface area contributed by atoms with Crippen molar-refractivity contribution in [3.63, 3.8) is 0 Å². The molecular formula is C25H22N2O2. The molecule has 4 rings (SSSR count). The highest BCUT2D eigenvalue weighted by atomic mass is 16.5. The van der Waals surface area contributed by atoms with Gasteiger partial charge < -0.3 is 9.30 Å². The van der Waals surface area contributed by atoms with E-state index in [0.29, 0.717) is 17.7 Å². The first-order valence-corrected chi connectivity index (χ1v) is 9.83. The third-order valence-electron chi connectivity index (χ3n) is 5.32. The van der Waals surface area contributed by atoms with Crippen LogP contribution < -0.4 is 0 Å². The van der Waals surface area contributed by atoms with Crippen molar-refractivity contribution in [3.05, 3.63) is 71.8 Å². The summed E-state index contributed by atoms with van der Waals surface area (Å²) in [4.78, 5) is 12.8. The van der Waals surface area contributed by atoms with Gasteiger partial charge in [0.05, 0.1) is 29.3 Å². The quantitative estimate of drug-likeness (QED) is 0.322. The van der Waals surface area contributed by atoms with E-state index >= 15 is 0 Å². The molecule has 3 aromatic carbocycles. The van der Waals surface area contributed by atoms with Crippen molar-refractivity contribution in [1.82, 2.24) is 4.57 Å². The van der Waals surface area contributed by atoms with Crippen LogP contribution in [0.5, 0.6) is 0 Å². The first-order valence-electron chi connectivity index (χ1n) is 9.83. The zero-order chi connectivity index (χ0) is 20.4. The maximum absolute atomic E-state index is 12.8. The molecule has 1 aromatic heterocycles. The number of ether oxygens (including phenoxy) is 1. The summed E-state index contributed by atoms with van der Waals surface area (Å²) in [7, 11) is 1.98. The van der Waals surface area contributed by atoms with Crippen LogP contribution in [-0.2, 0) is 11.8 Å². The zero-order valence-electron chi connectivity index (χ0n) is 16.6. The van der Waals surface area contributed by atoms with Crippen molar-refractivity contribution in [2.75, 3.05) is 6.61 Å². The number of fused-ring (bicyclic) bond motifs is 3. The summed E-state index contributed by atoms with van der Waals surface area (Å²) in [6.45, 7) is 2.50. The van der Waals surface area contributed by atoms with E-state index in [2.05, 4.69) is 29.7 Å². The fraction of sp³-hybridized carbons (Fsp3) is 0.200. The Balaban J connectivity index is 1.97. The van der Waals surface area contributed by atoms with E-state index in [4.69, 9.17) is 10.00 Å². The van der Waals surface area contributed by atoms with Crippen LogP contribution in [0.1, 0.15) is 35.7 Å². The molecule has 0 atom stereocenters. The summed E-state index contributed by atoms with van der Waals surface area (Å²) < 4.78 is 7.58. The predicted octanol–water partition coefficient (Wildman–Crippen LogP) is 5.83. The number of esters is 1. The van der Waals surface area contributed by atoms with E-state index in [9.17, 15) is 4.79 Å². The van der Waals surface area contributed by atoms with Crippen LogP contribution in [0.2, 0.25) is 0 Å². The summed E-state index contributed by atoms with van der Waals surface area (Å²) >= 11 is 0. The van der Waals surface area contributed by atoms with E-state index in [1.54, 1.807) is 0 Å². The lowest BCUT2D eigenvalue weighted by molar-refractivity contribution is 0.0501. The lowest BCUT2D eigenvalue weighted by Crippen LogP contribution is -2.08. The molecule has 0 aliphatic rings. The summed E-state index contributed by atoms with van der Waals surface area (Å²) in [5.74, 6) is -0.291. The molecule has 29 heavy (non-hydrogen) atoms. The Hall–Kier alpha value is -3.58. The van der Waals surface area contributed by atoms with Gasteiger partial charge in [-0.2, -0.15) is 5.26 Å². The third-order valence-corrected chi connectivity index (χ3v) is 5.32. The van der Waals surface area contributed by atoms with Gasteiger partial charge in [-0.15, -0.1) is 0 Å². The first kappa shape index (κ1) is 18.8. The molecule has 1 heterocycles. The van der Waals surface area contributed by atoms with Crippen molar-refractivity contribution in [1.29, 1.82) is 5.26 Å². The van der Waals surface area contributed by atoms with Crippen molar-refractivity contribution < 1.29 is 9.53 Å². The van der Waals surface area contributed by atoms with Gasteiger partial charge in [-0.25, -0.2) is 4.79 Å². The van der Waals surface area contributed by atoms with E-state index < -0.39 is 0 Å². The Labute approximate surface area is 169 Å². The molecule has 0 unspecified atom stereocenters. The molecule has 0 fully saturated rings. The zero-order valence-corrected chi connectivity index (χ0v) is 16.6. The Morgan fingerprint density at radius 1 is 1.07 bits per heavy atom. The van der Waals surface area contributed by atoms with E-state index in [1.807, 2.05) is 55.6 Å². The molecule has 0 aliphatic heterocycles. The van der Waals surface area contributed by atoms with Gasteiger partial charge in [-0.05, 0) is 41.8 Å². The summed E-state index contributed by atoms with van der Waals surface area (Å²) in [5, 5.41) is 11.2. The highest BCUT2D eigenvalue weighted by Crippen LogP contribution is 2.38. The number of aromatic nitrogens is 1. The van der Waals surface area contributed by atoms with Gasteiger partial charge >= 0.3 is 5.97 Å². The number of carbonyl (C=O) groups excluding carboxylic acids is 1. The van der Waals surface area contributed by atoms with Crippen LogP contribution in [0.4, 0.5) is 0 Å². The molecule has 0 N–H and O–H groups in total. The van der Waals surface area contributed by atoms with Crippen molar-refractivity contribution >= 4 is 27.8 Å². The first-order chi connectivity index (χ1) is 14.2. The Kier molecular flexibility index (Phi) is 5.05. The molecule has 4 nitrogen and oxygen atoms in total. The molecule has 0 radical (unpaired) electrons. The second-order valence-electron chi connectivity index (χ2n) is 7.14. The van der Waals surface area contributed by atoms with Crippen LogP contribution in [0, 0.1) is 11.3 Å². The smallest absolute Gasteiger partial charge is 0.340 e. The molecule has 0 bridgehead atoms. The summed E-state index contributed by atoms with van der Waals surface area (Å²) in [6.07, 6.45) is 1.84. The number of nitrogens with zero attached hydrogens (tertiary/aromatic N) is 2. The van der Waals surface area contributed by atoms with E-state index in [-0.39, 0.29) is 5.97 Å². The molecule has 4 aromatic rings. The SMILES string of the molecule is CCCCOC(=O)c1ccc(-c2ccc(C#N)cc2)c2c3ccccc3n(C)c12. The van der Waals surface area contributed by atoms with Gasteiger partial charge in [0.25, 0.3) is 0 Å². The van der Waals surface area contributed by atoms with Gasteiger partial charge in [0.1, 0.15) is 0 Å². The molecule has 144 valence electrons. The Morgan fingerprint density at radius 2 is 1.83 bits per heavy atom. The van der Waals surface area contributed by atoms with Crippen LogP contribution >= 0.6 is 0 Å². The third kappa shape index (κ3) is 3.25. The maximum Gasteiger partial charge on any atom is 0.340 e. The highest BCUT2D eigenvalue weighted by molar-refractivity contribution is 6.19. The van der Waals surface area contributed by atoms with Crippen molar-refractivity contribution in [2.24, 2.45) is 7.05 Å². The number of hydrogen-bond donors (Lipinski definition) is 0. The Morgan fingerprint density at radius 3 is 2.55 bits per heavy atom. The number of para-hydroxylation sites is 1. The molecule has 0 saturated heterocycles. The molecule has 0 aliphatic carbocycles. The number of nitriles is 1. The molecule has 0 amide bonds. The fourth-order valence-corrected chi connectivity index (χ4v) is 3.83. The van der Waals surface area contributed by atoms with E-state index in [0.717, 1.165) is 45.8 Å². The molecule has 0 saturated carbocycles. The lowest BCUT2D eigenvalue weighted by atomic mass is 9.96. The lowest BCUT2D eigenvalue weighted by Gasteiger charge is -2.11. The van der Waals surface area contributed by atoms with Gasteiger partial charge in [0.2, 0.25) is 0 Å². The van der Waals surface area contributed by atoms with Gasteiger partial charge in [0, 0.05) is 23.3 Å². The minimum atomic E-state index is -0.291. The van der Waals surface area contributed by atoms with Crippen molar-refractivity contribution in [3.8, 4) is 17.2 Å². The minimum Gasteiger partial charge on any atom is -0.462 e. The topological polar surface area (TPSA) is 55.0 Å². The molecular weight excluding hydrogens is 360 g/mol. The van der Waals surface area contributed by atoms with Gasteiger partial charge in [-0.1, -0.05) is 49.7 Å². The maximum atomic E-state index is 12.8. The number of unbranched alkanes of at least 4 members (excludes halogenated alkanes) is 1. The monoisotopic (exact) mass is 382 g/mol. The van der Waals surface area contributed by atoms with Crippen molar-refractivity contribution in [2.45, 2.75) is 19.8 Å². The predicted molar refractivity (Wildman–Crippen MR) is 116 cm³/mol. The second-order valence-corrected chi connectivity index (χ2v) is 7.14. The fourth-order valence-electron chi connectivity index (χ4n) is 3.83. The normalized spacial score (nSPS) is 10.9. The van der Waals surface area contributed by atoms with Gasteiger partial charge in [0.15, 0.2) is 0 Å². The summed E-state index contributed by atoms with van der Waals surface area (Å²) in [6, 6.07) is 21.7. The molecule has 0 spiro atoms. The second kappa shape index (κ2) is 7.81. The summed E-state index contributed by atoms with van der Waals surface area (Å²) in [5.41, 5.74) is 5.18. The Bertz CT molecular complexity index is 1240. The molecule has 4 heteroatoms. The number of carbonyl (C=O) groups is 1. The van der Waals surface area contributed by atoms with E-state index in [1.165, 1.54) is 0 Å². The van der Waals surface area contributed by atoms with Crippen LogP contribution in [0.15, 0.2) is 60.7 Å². The van der Waals surface area contributed by atoms with Crippen LogP contribution in [0.3, 0.4) is 0 Å². The average Bonchev–Trinajstić information content (AvgIpc) is 3.07. The highest BCUT2D eigenvalue weighted by Gasteiger charge is 2.20. The van der Waals surface area contributed by atoms with Crippen LogP contribution in [0.25, 0.3) is 32.9 Å². The number of hydrogen-bond acceptors (Lipinski definition) is 3. The average molecular weight is 382 g/mol. The number of rotatable bonds is 5. The van der Waals surface area contributed by atoms with Crippen LogP contribution in [-0.4, -0.2) is 17.1 Å². The minimum absolute atomic E-state index is 0.291. The number of aryl methyl sites for hydroxylation is 1. The van der Waals surface area contributed by atoms with Gasteiger partial charge in [-0.3, -0.25) is 0 Å². The number of benzene rings is 3. The standard InChI is InChI=1S/C25H22N2O2/c1-3-4-15-29-25(28)21-14-13-19(18-11-9-17(16-26)10-12-18)23-20-7-5-6-8-22(20)27(2)24(21)23/h5-14H,3-4,15H2,1-2H3. The largest absolute Gasteiger partial charge is 0.462 e.